The highest BCUT2D eigenvalue weighted by atomic mass is 16.5. The summed E-state index contributed by atoms with van der Waals surface area (Å²) in [6, 6.07) is -0.143. The largest absolute Gasteiger partial charge is 0.370 e. The molecule has 0 aliphatic heterocycles. The minimum absolute atomic E-state index is 0.0188. The van der Waals surface area contributed by atoms with Gasteiger partial charge in [-0.3, -0.25) is 4.79 Å². The van der Waals surface area contributed by atoms with Crippen LogP contribution in [-0.2, 0) is 9.53 Å². The predicted octanol–water partition coefficient (Wildman–Crippen LogP) is 0.444. The van der Waals surface area contributed by atoms with E-state index < -0.39 is 0 Å². The number of nitrogens with zero attached hydrogens (tertiary/aromatic N) is 1. The molecule has 0 saturated carbocycles. The number of nitrogens with one attached hydrogen (secondary N) is 1. The first-order valence-corrected chi connectivity index (χ1v) is 5.56. The van der Waals surface area contributed by atoms with Gasteiger partial charge in [-0.1, -0.05) is 5.16 Å². The monoisotopic (exact) mass is 241 g/mol. The molecule has 0 spiro atoms. The fourth-order valence-corrected chi connectivity index (χ4v) is 1.71. The van der Waals surface area contributed by atoms with Crippen molar-refractivity contribution in [2.45, 2.75) is 26.8 Å². The smallest absolute Gasteiger partial charge is 0.246 e. The lowest BCUT2D eigenvalue weighted by atomic mass is 10.1. The summed E-state index contributed by atoms with van der Waals surface area (Å²) < 4.78 is 10.1. The zero-order valence-electron chi connectivity index (χ0n) is 10.4. The highest BCUT2D eigenvalue weighted by Crippen LogP contribution is 2.20. The van der Waals surface area contributed by atoms with Crippen molar-refractivity contribution in [1.29, 1.82) is 0 Å². The van der Waals surface area contributed by atoms with Crippen molar-refractivity contribution in [3.63, 3.8) is 0 Å². The number of rotatable bonds is 6. The molecule has 1 rings (SSSR count). The van der Waals surface area contributed by atoms with Crippen LogP contribution in [0.4, 0.5) is 0 Å². The first kappa shape index (κ1) is 13.7. The maximum absolute atomic E-state index is 11.5. The Morgan fingerprint density at radius 2 is 2.29 bits per heavy atom. The predicted molar refractivity (Wildman–Crippen MR) is 62.4 cm³/mol. The minimum Gasteiger partial charge on any atom is -0.370 e. The molecule has 0 aromatic carbocycles. The average molecular weight is 241 g/mol. The Hall–Kier alpha value is -1.40. The van der Waals surface area contributed by atoms with Crippen LogP contribution in [0.5, 0.6) is 0 Å². The van der Waals surface area contributed by atoms with Crippen molar-refractivity contribution in [2.24, 2.45) is 5.73 Å². The van der Waals surface area contributed by atoms with Crippen molar-refractivity contribution in [1.82, 2.24) is 10.5 Å². The molecule has 1 atom stereocenters. The fraction of sp³-hybridized carbons (Fsp3) is 0.636. The normalized spacial score (nSPS) is 12.5. The minimum atomic E-state index is -0.175. The van der Waals surface area contributed by atoms with Crippen LogP contribution in [0.2, 0.25) is 0 Å². The number of hydrogen-bond acceptors (Lipinski definition) is 5. The Bertz CT molecular complexity index is 357. The fourth-order valence-electron chi connectivity index (χ4n) is 1.71. The Labute approximate surface area is 100 Å². The molecular formula is C11H19N3O3. The number of ether oxygens (including phenoxy) is 1. The van der Waals surface area contributed by atoms with E-state index in [1.807, 2.05) is 20.8 Å². The summed E-state index contributed by atoms with van der Waals surface area (Å²) in [5, 5.41) is 6.66. The lowest BCUT2D eigenvalue weighted by molar-refractivity contribution is -0.126. The molecular weight excluding hydrogens is 222 g/mol. The van der Waals surface area contributed by atoms with Gasteiger partial charge in [0.25, 0.3) is 0 Å². The third-order valence-corrected chi connectivity index (χ3v) is 2.39. The molecule has 6 heteroatoms. The van der Waals surface area contributed by atoms with Gasteiger partial charge in [-0.25, -0.2) is 0 Å². The molecule has 1 amide bonds. The van der Waals surface area contributed by atoms with Crippen LogP contribution in [-0.4, -0.2) is 30.8 Å². The van der Waals surface area contributed by atoms with Crippen LogP contribution in [0.1, 0.15) is 30.0 Å². The summed E-state index contributed by atoms with van der Waals surface area (Å²) >= 11 is 0. The van der Waals surface area contributed by atoms with Crippen LogP contribution in [0.25, 0.3) is 0 Å². The van der Waals surface area contributed by atoms with Gasteiger partial charge in [-0.2, -0.15) is 0 Å². The molecule has 96 valence electrons. The van der Waals surface area contributed by atoms with E-state index in [1.54, 1.807) is 0 Å². The van der Waals surface area contributed by atoms with Crippen LogP contribution in [0.3, 0.4) is 0 Å². The van der Waals surface area contributed by atoms with Gasteiger partial charge in [0.1, 0.15) is 12.4 Å². The SMILES string of the molecule is Cc1noc(C)c1C(C)NC(=O)COCCN. The second-order valence-corrected chi connectivity index (χ2v) is 3.87. The second-order valence-electron chi connectivity index (χ2n) is 3.87. The number of aryl methyl sites for hydroxylation is 2. The Morgan fingerprint density at radius 3 is 2.82 bits per heavy atom. The van der Waals surface area contributed by atoms with Gasteiger partial charge in [0.05, 0.1) is 18.3 Å². The Morgan fingerprint density at radius 1 is 1.59 bits per heavy atom. The maximum atomic E-state index is 11.5. The summed E-state index contributed by atoms with van der Waals surface area (Å²) in [6.45, 7) is 6.36. The molecule has 0 aliphatic rings. The molecule has 1 aromatic rings. The van der Waals surface area contributed by atoms with Gasteiger partial charge in [-0.15, -0.1) is 0 Å². The summed E-state index contributed by atoms with van der Waals surface area (Å²) in [7, 11) is 0. The van der Waals surface area contributed by atoms with Crippen molar-refractivity contribution in [2.75, 3.05) is 19.8 Å². The molecule has 3 N–H and O–H groups in total. The van der Waals surface area contributed by atoms with Crippen LogP contribution in [0.15, 0.2) is 4.52 Å². The zero-order chi connectivity index (χ0) is 12.8. The van der Waals surface area contributed by atoms with Crippen LogP contribution < -0.4 is 11.1 Å². The Balaban J connectivity index is 2.49. The van der Waals surface area contributed by atoms with Crippen molar-refractivity contribution in [3.05, 3.63) is 17.0 Å². The summed E-state index contributed by atoms with van der Waals surface area (Å²) in [4.78, 5) is 11.5. The summed E-state index contributed by atoms with van der Waals surface area (Å²) in [5.41, 5.74) is 6.96. The molecule has 6 nitrogen and oxygen atoms in total. The number of carbonyl (C=O) groups is 1. The molecule has 0 bridgehead atoms. The molecule has 1 aromatic heterocycles. The van der Waals surface area contributed by atoms with Gasteiger partial charge in [0, 0.05) is 12.1 Å². The standard InChI is InChI=1S/C11H19N3O3/c1-7(11-8(2)14-17-9(11)3)13-10(15)6-16-5-4-12/h7H,4-6,12H2,1-3H3,(H,13,15). The molecule has 0 saturated heterocycles. The van der Waals surface area contributed by atoms with E-state index in [-0.39, 0.29) is 18.6 Å². The number of aromatic nitrogens is 1. The van der Waals surface area contributed by atoms with E-state index in [4.69, 9.17) is 15.0 Å². The molecule has 17 heavy (non-hydrogen) atoms. The van der Waals surface area contributed by atoms with Gasteiger partial charge >= 0.3 is 0 Å². The third-order valence-electron chi connectivity index (χ3n) is 2.39. The second kappa shape index (κ2) is 6.36. The van der Waals surface area contributed by atoms with Gasteiger partial charge in [0.15, 0.2) is 0 Å². The van der Waals surface area contributed by atoms with Gasteiger partial charge in [0.2, 0.25) is 5.91 Å². The topological polar surface area (TPSA) is 90.4 Å². The van der Waals surface area contributed by atoms with E-state index in [0.29, 0.717) is 13.2 Å². The molecule has 1 heterocycles. The maximum Gasteiger partial charge on any atom is 0.246 e. The van der Waals surface area contributed by atoms with E-state index >= 15 is 0 Å². The van der Waals surface area contributed by atoms with E-state index in [9.17, 15) is 4.79 Å². The van der Waals surface area contributed by atoms with E-state index in [2.05, 4.69) is 10.5 Å². The molecule has 1 unspecified atom stereocenters. The average Bonchev–Trinajstić information content (AvgIpc) is 2.58. The van der Waals surface area contributed by atoms with Gasteiger partial charge < -0.3 is 20.3 Å². The number of hydrogen-bond donors (Lipinski definition) is 2. The van der Waals surface area contributed by atoms with E-state index in [0.717, 1.165) is 17.0 Å². The molecule has 0 radical (unpaired) electrons. The lowest BCUT2D eigenvalue weighted by Crippen LogP contribution is -2.31. The Kier molecular flexibility index (Phi) is 5.11. The third kappa shape index (κ3) is 3.83. The highest BCUT2D eigenvalue weighted by Gasteiger charge is 2.17. The summed E-state index contributed by atoms with van der Waals surface area (Å²) in [5.74, 6) is 0.545. The van der Waals surface area contributed by atoms with Gasteiger partial charge in [-0.05, 0) is 20.8 Å². The number of carbonyl (C=O) groups excluding carboxylic acids is 1. The summed E-state index contributed by atoms with van der Waals surface area (Å²) in [6.07, 6.45) is 0. The first-order chi connectivity index (χ1) is 8.06. The van der Waals surface area contributed by atoms with E-state index in [1.165, 1.54) is 0 Å². The van der Waals surface area contributed by atoms with Crippen LogP contribution >= 0.6 is 0 Å². The number of nitrogens with two attached hydrogens (primary N) is 1. The quantitative estimate of drug-likeness (QED) is 0.705. The van der Waals surface area contributed by atoms with Crippen molar-refractivity contribution in [3.8, 4) is 0 Å². The van der Waals surface area contributed by atoms with Crippen molar-refractivity contribution < 1.29 is 14.1 Å². The first-order valence-electron chi connectivity index (χ1n) is 5.56. The number of amides is 1. The zero-order valence-corrected chi connectivity index (χ0v) is 10.4. The molecule has 0 fully saturated rings. The lowest BCUT2D eigenvalue weighted by Gasteiger charge is -2.13. The van der Waals surface area contributed by atoms with Crippen LogP contribution in [0, 0.1) is 13.8 Å². The highest BCUT2D eigenvalue weighted by molar-refractivity contribution is 5.77. The molecule has 0 aliphatic carbocycles. The van der Waals surface area contributed by atoms with Crippen molar-refractivity contribution >= 4 is 5.91 Å².